The fraction of sp³-hybridized carbons (Fsp3) is 0.154. The van der Waals surface area contributed by atoms with Gasteiger partial charge in [0.2, 0.25) is 0 Å². The summed E-state index contributed by atoms with van der Waals surface area (Å²) in [7, 11) is 0. The molecule has 5 rings (SSSR count). The summed E-state index contributed by atoms with van der Waals surface area (Å²) in [6.45, 7) is 2.07. The van der Waals surface area contributed by atoms with E-state index < -0.39 is 12.1 Å². The lowest BCUT2D eigenvalue weighted by molar-refractivity contribution is 0.125. The van der Waals surface area contributed by atoms with Gasteiger partial charge in [-0.2, -0.15) is 0 Å². The van der Waals surface area contributed by atoms with E-state index >= 15 is 0 Å². The summed E-state index contributed by atoms with van der Waals surface area (Å²) in [6.07, 6.45) is -1.04. The van der Waals surface area contributed by atoms with Gasteiger partial charge in [-0.05, 0) is 46.7 Å². The first-order valence-corrected chi connectivity index (χ1v) is 10.8. The SMILES string of the molecule is C[C@@H](c1cc2cccc(Cl)c2c(=O)[nH]1)N(CC1c2ccccc2-c2ccccc21)C(=O)O. The smallest absolute Gasteiger partial charge is 0.407 e. The lowest BCUT2D eigenvalue weighted by Gasteiger charge is -2.30. The van der Waals surface area contributed by atoms with Gasteiger partial charge in [0.25, 0.3) is 5.56 Å². The third-order valence-electron chi connectivity index (χ3n) is 6.35. The van der Waals surface area contributed by atoms with Gasteiger partial charge in [-0.3, -0.25) is 9.69 Å². The fourth-order valence-corrected chi connectivity index (χ4v) is 5.01. The highest BCUT2D eigenvalue weighted by molar-refractivity contribution is 6.35. The first kappa shape index (κ1) is 20.3. The molecule has 0 spiro atoms. The second kappa shape index (κ2) is 7.84. The van der Waals surface area contributed by atoms with Gasteiger partial charge in [0.15, 0.2) is 0 Å². The van der Waals surface area contributed by atoms with Gasteiger partial charge < -0.3 is 10.1 Å². The van der Waals surface area contributed by atoms with Crippen LogP contribution in [0.1, 0.15) is 35.7 Å². The Morgan fingerprint density at radius 1 is 1.03 bits per heavy atom. The maximum Gasteiger partial charge on any atom is 0.407 e. The maximum absolute atomic E-state index is 12.7. The molecule has 0 saturated carbocycles. The lowest BCUT2D eigenvalue weighted by atomic mass is 9.95. The number of halogens is 1. The van der Waals surface area contributed by atoms with Crippen LogP contribution in [0.2, 0.25) is 5.02 Å². The zero-order valence-electron chi connectivity index (χ0n) is 17.4. The van der Waals surface area contributed by atoms with E-state index in [2.05, 4.69) is 29.2 Å². The van der Waals surface area contributed by atoms with Crippen LogP contribution in [-0.4, -0.2) is 27.6 Å². The molecule has 1 amide bonds. The highest BCUT2D eigenvalue weighted by Gasteiger charge is 2.33. The second-order valence-electron chi connectivity index (χ2n) is 8.10. The summed E-state index contributed by atoms with van der Waals surface area (Å²) in [6, 6.07) is 22.7. The summed E-state index contributed by atoms with van der Waals surface area (Å²) < 4.78 is 0. The minimum Gasteiger partial charge on any atom is -0.465 e. The number of hydrogen-bond acceptors (Lipinski definition) is 2. The maximum atomic E-state index is 12.7. The van der Waals surface area contributed by atoms with Crippen LogP contribution in [0.5, 0.6) is 0 Å². The van der Waals surface area contributed by atoms with Crippen molar-refractivity contribution in [3.63, 3.8) is 0 Å². The first-order chi connectivity index (χ1) is 15.5. The Morgan fingerprint density at radius 2 is 1.66 bits per heavy atom. The van der Waals surface area contributed by atoms with E-state index in [-0.39, 0.29) is 18.0 Å². The van der Waals surface area contributed by atoms with Crippen LogP contribution in [0.25, 0.3) is 21.9 Å². The molecule has 0 bridgehead atoms. The zero-order chi connectivity index (χ0) is 22.4. The minimum absolute atomic E-state index is 0.0810. The molecule has 0 fully saturated rings. The van der Waals surface area contributed by atoms with Crippen molar-refractivity contribution in [2.45, 2.75) is 18.9 Å². The Morgan fingerprint density at radius 3 is 2.28 bits per heavy atom. The number of carboxylic acid groups (broad SMARTS) is 1. The van der Waals surface area contributed by atoms with Crippen molar-refractivity contribution < 1.29 is 9.90 Å². The van der Waals surface area contributed by atoms with Gasteiger partial charge in [0, 0.05) is 18.2 Å². The number of aromatic nitrogens is 1. The van der Waals surface area contributed by atoms with Crippen LogP contribution in [0, 0.1) is 0 Å². The Hall–Kier alpha value is -3.57. The number of nitrogens with one attached hydrogen (secondary N) is 1. The van der Waals surface area contributed by atoms with Crippen molar-refractivity contribution in [2.75, 3.05) is 6.54 Å². The van der Waals surface area contributed by atoms with Crippen molar-refractivity contribution in [1.29, 1.82) is 0 Å². The van der Waals surface area contributed by atoms with E-state index in [1.54, 1.807) is 31.2 Å². The highest BCUT2D eigenvalue weighted by Crippen LogP contribution is 2.45. The monoisotopic (exact) mass is 444 g/mol. The molecular formula is C26H21ClN2O3. The number of aromatic amines is 1. The number of rotatable bonds is 4. The van der Waals surface area contributed by atoms with Crippen LogP contribution in [0.15, 0.2) is 77.6 Å². The Balaban J connectivity index is 1.55. The summed E-state index contributed by atoms with van der Waals surface area (Å²) >= 11 is 6.19. The van der Waals surface area contributed by atoms with Gasteiger partial charge in [-0.25, -0.2) is 4.79 Å². The van der Waals surface area contributed by atoms with E-state index in [0.717, 1.165) is 22.3 Å². The summed E-state index contributed by atoms with van der Waals surface area (Å²) in [4.78, 5) is 29.3. The van der Waals surface area contributed by atoms with E-state index in [1.165, 1.54) is 4.90 Å². The van der Waals surface area contributed by atoms with E-state index in [1.807, 2.05) is 24.3 Å². The standard InChI is InChI=1S/C26H21ClN2O3/c1-15(23-13-16-7-6-12-22(27)24(16)25(30)28-23)29(26(31)32)14-21-19-10-4-2-8-17(19)18-9-3-5-11-20(18)21/h2-13,15,21H,14H2,1H3,(H,28,30)(H,31,32)/t15-/m0/s1. The average molecular weight is 445 g/mol. The molecule has 3 aromatic carbocycles. The molecule has 160 valence electrons. The number of pyridine rings is 1. The van der Waals surface area contributed by atoms with Gasteiger partial charge in [-0.15, -0.1) is 0 Å². The number of fused-ring (bicyclic) bond motifs is 4. The molecule has 1 heterocycles. The van der Waals surface area contributed by atoms with Crippen molar-refractivity contribution in [3.05, 3.63) is 105 Å². The van der Waals surface area contributed by atoms with Crippen LogP contribution < -0.4 is 5.56 Å². The Labute approximate surface area is 189 Å². The summed E-state index contributed by atoms with van der Waals surface area (Å²) in [5.41, 5.74) is 4.72. The molecule has 1 aliphatic carbocycles. The number of amides is 1. The predicted molar refractivity (Wildman–Crippen MR) is 126 cm³/mol. The molecule has 1 aromatic heterocycles. The molecule has 0 saturated heterocycles. The minimum atomic E-state index is -1.04. The third-order valence-corrected chi connectivity index (χ3v) is 6.66. The average Bonchev–Trinajstić information content (AvgIpc) is 3.10. The topological polar surface area (TPSA) is 73.4 Å². The number of hydrogen-bond donors (Lipinski definition) is 2. The molecular weight excluding hydrogens is 424 g/mol. The molecule has 2 N–H and O–H groups in total. The molecule has 4 aromatic rings. The van der Waals surface area contributed by atoms with E-state index in [9.17, 15) is 14.7 Å². The number of H-pyrrole nitrogens is 1. The van der Waals surface area contributed by atoms with E-state index in [0.29, 0.717) is 21.5 Å². The van der Waals surface area contributed by atoms with Crippen LogP contribution in [0.4, 0.5) is 4.79 Å². The Kier molecular flexibility index (Phi) is 4.98. The lowest BCUT2D eigenvalue weighted by Crippen LogP contribution is -2.36. The van der Waals surface area contributed by atoms with Crippen LogP contribution in [0.3, 0.4) is 0 Å². The second-order valence-corrected chi connectivity index (χ2v) is 8.50. The number of carbonyl (C=O) groups is 1. The van der Waals surface area contributed by atoms with Crippen LogP contribution >= 0.6 is 11.6 Å². The van der Waals surface area contributed by atoms with Gasteiger partial charge in [-0.1, -0.05) is 72.3 Å². The zero-order valence-corrected chi connectivity index (χ0v) is 18.1. The largest absolute Gasteiger partial charge is 0.465 e. The van der Waals surface area contributed by atoms with Gasteiger partial charge >= 0.3 is 6.09 Å². The molecule has 6 heteroatoms. The number of nitrogens with zero attached hydrogens (tertiary/aromatic N) is 1. The molecule has 5 nitrogen and oxygen atoms in total. The molecule has 0 radical (unpaired) electrons. The van der Waals surface area contributed by atoms with Crippen molar-refractivity contribution in [3.8, 4) is 11.1 Å². The van der Waals surface area contributed by atoms with Gasteiger partial charge in [0.05, 0.1) is 16.5 Å². The van der Waals surface area contributed by atoms with Crippen molar-refractivity contribution >= 4 is 28.5 Å². The first-order valence-electron chi connectivity index (χ1n) is 10.4. The van der Waals surface area contributed by atoms with Crippen molar-refractivity contribution in [1.82, 2.24) is 9.88 Å². The molecule has 0 aliphatic heterocycles. The fourth-order valence-electron chi connectivity index (χ4n) is 4.75. The molecule has 0 unspecified atom stereocenters. The van der Waals surface area contributed by atoms with Crippen LogP contribution in [-0.2, 0) is 0 Å². The summed E-state index contributed by atoms with van der Waals surface area (Å²) in [5.74, 6) is -0.0810. The van der Waals surface area contributed by atoms with Gasteiger partial charge in [0.1, 0.15) is 0 Å². The summed E-state index contributed by atoms with van der Waals surface area (Å²) in [5, 5.41) is 11.6. The molecule has 32 heavy (non-hydrogen) atoms. The third kappa shape index (κ3) is 3.26. The van der Waals surface area contributed by atoms with E-state index in [4.69, 9.17) is 11.6 Å². The normalized spacial score (nSPS) is 13.6. The quantitative estimate of drug-likeness (QED) is 0.403. The predicted octanol–water partition coefficient (Wildman–Crippen LogP) is 6.04. The van der Waals surface area contributed by atoms with Crippen molar-refractivity contribution in [2.24, 2.45) is 0 Å². The number of benzene rings is 3. The Bertz CT molecular complexity index is 1370. The molecule has 1 aliphatic rings. The molecule has 1 atom stereocenters. The highest BCUT2D eigenvalue weighted by atomic mass is 35.5.